The zero-order chi connectivity index (χ0) is 15.5. The molecule has 0 saturated carbocycles. The first-order chi connectivity index (χ1) is 10.6. The predicted octanol–water partition coefficient (Wildman–Crippen LogP) is 4.21. The Morgan fingerprint density at radius 2 is 1.77 bits per heavy atom. The Labute approximate surface area is 131 Å². The number of halogens is 1. The summed E-state index contributed by atoms with van der Waals surface area (Å²) in [6, 6.07) is 15.3. The molecule has 0 N–H and O–H groups in total. The van der Waals surface area contributed by atoms with Gasteiger partial charge in [-0.15, -0.1) is 0 Å². The lowest BCUT2D eigenvalue weighted by Crippen LogP contribution is -2.30. The Kier molecular flexibility index (Phi) is 4.44. The number of ether oxygens (including phenoxy) is 1. The van der Waals surface area contributed by atoms with Crippen molar-refractivity contribution in [3.8, 4) is 5.75 Å². The second-order valence-corrected chi connectivity index (χ2v) is 6.15. The monoisotopic (exact) mass is 299 g/mol. The molecule has 2 aromatic rings. The van der Waals surface area contributed by atoms with E-state index in [0.29, 0.717) is 6.04 Å². The third-order valence-electron chi connectivity index (χ3n) is 4.46. The van der Waals surface area contributed by atoms with E-state index in [1.807, 2.05) is 0 Å². The number of aryl methyl sites for hydroxylation is 1. The summed E-state index contributed by atoms with van der Waals surface area (Å²) in [5.41, 5.74) is 2.62. The lowest BCUT2D eigenvalue weighted by atomic mass is 10.0. The Morgan fingerprint density at radius 1 is 1.05 bits per heavy atom. The van der Waals surface area contributed by atoms with Crippen LogP contribution in [0.4, 0.5) is 4.39 Å². The molecule has 22 heavy (non-hydrogen) atoms. The molecular formula is C19H22FNO. The Morgan fingerprint density at radius 3 is 2.50 bits per heavy atom. The normalized spacial score (nSPS) is 21.3. The molecule has 0 spiro atoms. The van der Waals surface area contributed by atoms with Crippen molar-refractivity contribution < 1.29 is 9.13 Å². The molecule has 3 heteroatoms. The van der Waals surface area contributed by atoms with Crippen molar-refractivity contribution in [2.24, 2.45) is 0 Å². The molecule has 0 bridgehead atoms. The maximum atomic E-state index is 13.1. The fourth-order valence-electron chi connectivity index (χ4n) is 3.15. The van der Waals surface area contributed by atoms with Crippen LogP contribution >= 0.6 is 0 Å². The van der Waals surface area contributed by atoms with E-state index in [2.05, 4.69) is 43.3 Å². The standard InChI is InChI=1S/C19H22FNO/c1-21(2)16-10-7-14-5-3-4-6-18(14)19(13-16)22-17-11-8-15(20)9-12-17/h3-6,8-9,11-12,16,19H,7,10,13H2,1-2H3/t16-,19-/m0/s1. The second kappa shape index (κ2) is 6.49. The molecule has 3 rings (SSSR count). The van der Waals surface area contributed by atoms with Crippen LogP contribution in [0, 0.1) is 5.82 Å². The van der Waals surface area contributed by atoms with E-state index in [9.17, 15) is 4.39 Å². The number of hydrogen-bond donors (Lipinski definition) is 0. The molecule has 2 atom stereocenters. The van der Waals surface area contributed by atoms with Gasteiger partial charge in [0.15, 0.2) is 0 Å². The van der Waals surface area contributed by atoms with Crippen LogP contribution in [0.25, 0.3) is 0 Å². The first-order valence-electron chi connectivity index (χ1n) is 7.80. The van der Waals surface area contributed by atoms with Crippen LogP contribution in [-0.2, 0) is 6.42 Å². The molecule has 0 aromatic heterocycles. The van der Waals surface area contributed by atoms with E-state index >= 15 is 0 Å². The van der Waals surface area contributed by atoms with Crippen molar-refractivity contribution in [1.82, 2.24) is 4.90 Å². The SMILES string of the molecule is CN(C)[C@H]1CCc2ccccc2[C@@H](Oc2ccc(F)cc2)C1. The summed E-state index contributed by atoms with van der Waals surface area (Å²) in [5.74, 6) is 0.486. The van der Waals surface area contributed by atoms with Crippen molar-refractivity contribution >= 4 is 0 Å². The average Bonchev–Trinajstić information content (AvgIpc) is 2.70. The van der Waals surface area contributed by atoms with E-state index in [1.54, 1.807) is 12.1 Å². The van der Waals surface area contributed by atoms with Crippen LogP contribution in [0.5, 0.6) is 5.75 Å². The van der Waals surface area contributed by atoms with E-state index in [4.69, 9.17) is 4.74 Å². The first kappa shape index (κ1) is 15.0. The predicted molar refractivity (Wildman–Crippen MR) is 86.6 cm³/mol. The topological polar surface area (TPSA) is 12.5 Å². The average molecular weight is 299 g/mol. The smallest absolute Gasteiger partial charge is 0.125 e. The molecule has 0 saturated heterocycles. The van der Waals surface area contributed by atoms with Crippen molar-refractivity contribution in [2.45, 2.75) is 31.4 Å². The zero-order valence-corrected chi connectivity index (χ0v) is 13.1. The molecular weight excluding hydrogens is 277 g/mol. The molecule has 1 aliphatic rings. The third-order valence-corrected chi connectivity index (χ3v) is 4.46. The van der Waals surface area contributed by atoms with Gasteiger partial charge in [-0.3, -0.25) is 0 Å². The minimum atomic E-state index is -0.236. The lowest BCUT2D eigenvalue weighted by Gasteiger charge is -2.27. The van der Waals surface area contributed by atoms with Gasteiger partial charge < -0.3 is 9.64 Å². The van der Waals surface area contributed by atoms with Crippen molar-refractivity contribution in [2.75, 3.05) is 14.1 Å². The molecule has 0 aliphatic heterocycles. The van der Waals surface area contributed by atoms with Crippen LogP contribution < -0.4 is 4.74 Å². The van der Waals surface area contributed by atoms with Gasteiger partial charge in [0.1, 0.15) is 17.7 Å². The number of nitrogens with zero attached hydrogens (tertiary/aromatic N) is 1. The maximum absolute atomic E-state index is 13.1. The fraction of sp³-hybridized carbons (Fsp3) is 0.368. The largest absolute Gasteiger partial charge is 0.486 e. The molecule has 1 aliphatic carbocycles. The van der Waals surface area contributed by atoms with E-state index in [-0.39, 0.29) is 11.9 Å². The first-order valence-corrected chi connectivity index (χ1v) is 7.80. The summed E-state index contributed by atoms with van der Waals surface area (Å²) in [6.07, 6.45) is 3.16. The van der Waals surface area contributed by atoms with E-state index in [0.717, 1.165) is 25.0 Å². The Bertz CT molecular complexity index is 624. The molecule has 2 aromatic carbocycles. The highest BCUT2D eigenvalue weighted by Crippen LogP contribution is 2.34. The lowest BCUT2D eigenvalue weighted by molar-refractivity contribution is 0.146. The molecule has 0 radical (unpaired) electrons. The van der Waals surface area contributed by atoms with Crippen molar-refractivity contribution in [3.05, 3.63) is 65.5 Å². The number of fused-ring (bicyclic) bond motifs is 1. The van der Waals surface area contributed by atoms with Crippen LogP contribution in [0.3, 0.4) is 0 Å². The van der Waals surface area contributed by atoms with Crippen LogP contribution in [-0.4, -0.2) is 25.0 Å². The van der Waals surface area contributed by atoms with E-state index in [1.165, 1.54) is 23.3 Å². The van der Waals surface area contributed by atoms with Crippen molar-refractivity contribution in [3.63, 3.8) is 0 Å². The van der Waals surface area contributed by atoms with Crippen LogP contribution in [0.15, 0.2) is 48.5 Å². The summed E-state index contributed by atoms with van der Waals surface area (Å²) in [6.45, 7) is 0. The van der Waals surface area contributed by atoms with Crippen molar-refractivity contribution in [1.29, 1.82) is 0 Å². The Balaban J connectivity index is 1.89. The van der Waals surface area contributed by atoms with Gasteiger partial charge in [0.2, 0.25) is 0 Å². The van der Waals surface area contributed by atoms with Gasteiger partial charge in [-0.05, 0) is 62.3 Å². The molecule has 0 unspecified atom stereocenters. The number of rotatable bonds is 3. The highest BCUT2D eigenvalue weighted by molar-refractivity contribution is 5.32. The quantitative estimate of drug-likeness (QED) is 0.787. The Hall–Kier alpha value is -1.87. The summed E-state index contributed by atoms with van der Waals surface area (Å²) in [5, 5.41) is 0. The molecule has 0 amide bonds. The molecule has 0 heterocycles. The highest BCUT2D eigenvalue weighted by atomic mass is 19.1. The maximum Gasteiger partial charge on any atom is 0.125 e. The summed E-state index contributed by atoms with van der Waals surface area (Å²) >= 11 is 0. The number of benzene rings is 2. The fourth-order valence-corrected chi connectivity index (χ4v) is 3.15. The van der Waals surface area contributed by atoms with Gasteiger partial charge >= 0.3 is 0 Å². The van der Waals surface area contributed by atoms with Gasteiger partial charge in [0.25, 0.3) is 0 Å². The summed E-state index contributed by atoms with van der Waals surface area (Å²) < 4.78 is 19.3. The molecule has 116 valence electrons. The minimum Gasteiger partial charge on any atom is -0.486 e. The van der Waals surface area contributed by atoms with E-state index < -0.39 is 0 Å². The third kappa shape index (κ3) is 3.30. The highest BCUT2D eigenvalue weighted by Gasteiger charge is 2.26. The summed E-state index contributed by atoms with van der Waals surface area (Å²) in [7, 11) is 4.24. The second-order valence-electron chi connectivity index (χ2n) is 6.15. The van der Waals surface area contributed by atoms with Crippen LogP contribution in [0.2, 0.25) is 0 Å². The van der Waals surface area contributed by atoms with Gasteiger partial charge in [-0.25, -0.2) is 4.39 Å². The summed E-state index contributed by atoms with van der Waals surface area (Å²) in [4.78, 5) is 2.27. The van der Waals surface area contributed by atoms with Gasteiger partial charge in [0.05, 0.1) is 0 Å². The van der Waals surface area contributed by atoms with Gasteiger partial charge in [-0.2, -0.15) is 0 Å². The van der Waals surface area contributed by atoms with Gasteiger partial charge in [0, 0.05) is 12.5 Å². The zero-order valence-electron chi connectivity index (χ0n) is 13.1. The minimum absolute atomic E-state index is 0.0107. The number of hydrogen-bond acceptors (Lipinski definition) is 2. The molecule has 2 nitrogen and oxygen atoms in total. The molecule has 0 fully saturated rings. The van der Waals surface area contributed by atoms with Gasteiger partial charge in [-0.1, -0.05) is 24.3 Å². The van der Waals surface area contributed by atoms with Crippen LogP contribution in [0.1, 0.15) is 30.1 Å².